The standard InChI is InChI=1S/C27H34N4O5S/c1-27(2,3)20-11-9-19(10-12-20)26(34)29-15-5-4-8-24(33)30-16-13-22-25(30)23(32)18-31(22)37(35,36)21-7-6-14-28-17-21/h6-7,9-12,14,17,22,25H,4-5,8,13,15-16,18H2,1-3H3,(H,29,34). The van der Waals surface area contributed by atoms with E-state index in [1.54, 1.807) is 0 Å². The number of hydrogen-bond donors (Lipinski definition) is 1. The number of nitrogens with one attached hydrogen (secondary N) is 1. The number of rotatable bonds is 8. The summed E-state index contributed by atoms with van der Waals surface area (Å²) in [7, 11) is -3.87. The first kappa shape index (κ1) is 26.9. The van der Waals surface area contributed by atoms with Crippen LogP contribution in [0.15, 0.2) is 53.7 Å². The van der Waals surface area contributed by atoms with Crippen LogP contribution in [0, 0.1) is 0 Å². The highest BCUT2D eigenvalue weighted by atomic mass is 32.2. The van der Waals surface area contributed by atoms with Gasteiger partial charge in [-0.15, -0.1) is 0 Å². The normalized spacial score (nSPS) is 20.2. The number of fused-ring (bicyclic) bond motifs is 1. The lowest BCUT2D eigenvalue weighted by Gasteiger charge is -2.24. The zero-order valence-corrected chi connectivity index (χ0v) is 22.3. The summed E-state index contributed by atoms with van der Waals surface area (Å²) >= 11 is 0. The minimum Gasteiger partial charge on any atom is -0.352 e. The van der Waals surface area contributed by atoms with Crippen molar-refractivity contribution >= 4 is 27.6 Å². The summed E-state index contributed by atoms with van der Waals surface area (Å²) in [6.45, 7) is 6.91. The second-order valence-electron chi connectivity index (χ2n) is 10.6. The molecule has 2 aromatic rings. The lowest BCUT2D eigenvalue weighted by molar-refractivity contribution is -0.136. The van der Waals surface area contributed by atoms with Crippen LogP contribution in [0.25, 0.3) is 0 Å². The number of pyridine rings is 1. The lowest BCUT2D eigenvalue weighted by atomic mass is 9.87. The fraction of sp³-hybridized carbons (Fsp3) is 0.481. The predicted octanol–water partition coefficient (Wildman–Crippen LogP) is 2.52. The van der Waals surface area contributed by atoms with Gasteiger partial charge in [0, 0.05) is 37.5 Å². The van der Waals surface area contributed by atoms with Crippen LogP contribution < -0.4 is 5.32 Å². The van der Waals surface area contributed by atoms with E-state index >= 15 is 0 Å². The summed E-state index contributed by atoms with van der Waals surface area (Å²) in [5.41, 5.74) is 1.77. The Kier molecular flexibility index (Phi) is 7.80. The van der Waals surface area contributed by atoms with Gasteiger partial charge in [-0.1, -0.05) is 32.9 Å². The zero-order chi connectivity index (χ0) is 26.8. The number of hydrogen-bond acceptors (Lipinski definition) is 6. The number of amides is 2. The maximum absolute atomic E-state index is 13.1. The van der Waals surface area contributed by atoms with Gasteiger partial charge < -0.3 is 10.2 Å². The van der Waals surface area contributed by atoms with Crippen molar-refractivity contribution in [1.82, 2.24) is 19.5 Å². The molecule has 2 aliphatic rings. The van der Waals surface area contributed by atoms with Crippen molar-refractivity contribution in [3.8, 4) is 0 Å². The van der Waals surface area contributed by atoms with Crippen LogP contribution in [0.2, 0.25) is 0 Å². The van der Waals surface area contributed by atoms with Gasteiger partial charge in [-0.3, -0.25) is 19.4 Å². The molecule has 2 fully saturated rings. The summed E-state index contributed by atoms with van der Waals surface area (Å²) in [5, 5.41) is 2.89. The second kappa shape index (κ2) is 10.7. The summed E-state index contributed by atoms with van der Waals surface area (Å²) < 4.78 is 27.3. The molecule has 2 saturated heterocycles. The van der Waals surface area contributed by atoms with Crippen LogP contribution >= 0.6 is 0 Å². The smallest absolute Gasteiger partial charge is 0.251 e. The van der Waals surface area contributed by atoms with Gasteiger partial charge >= 0.3 is 0 Å². The van der Waals surface area contributed by atoms with Gasteiger partial charge in [0.15, 0.2) is 5.78 Å². The minimum absolute atomic E-state index is 0.0198. The number of ketones is 1. The van der Waals surface area contributed by atoms with Crippen molar-refractivity contribution < 1.29 is 22.8 Å². The van der Waals surface area contributed by atoms with E-state index < -0.39 is 22.1 Å². The molecule has 37 heavy (non-hydrogen) atoms. The molecule has 1 aromatic carbocycles. The van der Waals surface area contributed by atoms with E-state index in [0.717, 1.165) is 5.56 Å². The van der Waals surface area contributed by atoms with E-state index in [4.69, 9.17) is 0 Å². The Hall–Kier alpha value is -3.11. The number of Topliss-reactive ketones (excluding diaryl/α,β-unsaturated/α-hetero) is 1. The maximum Gasteiger partial charge on any atom is 0.251 e. The van der Waals surface area contributed by atoms with Crippen LogP contribution in [0.3, 0.4) is 0 Å². The molecular formula is C27H34N4O5S. The Morgan fingerprint density at radius 3 is 2.49 bits per heavy atom. The Labute approximate surface area is 218 Å². The molecule has 2 unspecified atom stereocenters. The monoisotopic (exact) mass is 526 g/mol. The number of unbranched alkanes of at least 4 members (excludes halogenated alkanes) is 1. The van der Waals surface area contributed by atoms with Crippen LogP contribution in [0.1, 0.15) is 62.4 Å². The van der Waals surface area contributed by atoms with Crippen LogP contribution in [-0.2, 0) is 25.0 Å². The molecule has 0 radical (unpaired) electrons. The first-order chi connectivity index (χ1) is 17.5. The second-order valence-corrected chi connectivity index (χ2v) is 12.5. The van der Waals surface area contributed by atoms with Crippen LogP contribution in [0.4, 0.5) is 0 Å². The van der Waals surface area contributed by atoms with Crippen molar-refractivity contribution in [2.24, 2.45) is 0 Å². The van der Waals surface area contributed by atoms with Crippen molar-refractivity contribution in [2.75, 3.05) is 19.6 Å². The highest BCUT2D eigenvalue weighted by Gasteiger charge is 2.53. The first-order valence-electron chi connectivity index (χ1n) is 12.6. The Bertz CT molecular complexity index is 1260. The number of aromatic nitrogens is 1. The van der Waals surface area contributed by atoms with Crippen LogP contribution in [-0.4, -0.2) is 71.9 Å². The number of likely N-dealkylation sites (tertiary alicyclic amines) is 1. The quantitative estimate of drug-likeness (QED) is 0.529. The number of carbonyl (C=O) groups is 3. The number of carbonyl (C=O) groups excluding carboxylic acids is 3. The molecule has 0 aliphatic carbocycles. The summed E-state index contributed by atoms with van der Waals surface area (Å²) in [6.07, 6.45) is 4.60. The number of benzene rings is 1. The summed E-state index contributed by atoms with van der Waals surface area (Å²) in [6, 6.07) is 9.27. The summed E-state index contributed by atoms with van der Waals surface area (Å²) in [5.74, 6) is -0.570. The molecule has 9 nitrogen and oxygen atoms in total. The highest BCUT2D eigenvalue weighted by Crippen LogP contribution is 2.34. The topological polar surface area (TPSA) is 117 Å². The maximum atomic E-state index is 13.1. The van der Waals surface area contributed by atoms with E-state index in [2.05, 4.69) is 31.1 Å². The predicted molar refractivity (Wildman–Crippen MR) is 138 cm³/mol. The third-order valence-electron chi connectivity index (χ3n) is 7.05. The van der Waals surface area contributed by atoms with Gasteiger partial charge in [-0.05, 0) is 54.5 Å². The summed E-state index contributed by atoms with van der Waals surface area (Å²) in [4.78, 5) is 43.5. The van der Waals surface area contributed by atoms with Gasteiger partial charge in [-0.25, -0.2) is 8.42 Å². The Balaban J connectivity index is 1.25. The zero-order valence-electron chi connectivity index (χ0n) is 21.5. The number of sulfonamides is 1. The van der Waals surface area contributed by atoms with E-state index in [-0.39, 0.29) is 40.9 Å². The van der Waals surface area contributed by atoms with Gasteiger partial charge in [0.05, 0.1) is 12.6 Å². The van der Waals surface area contributed by atoms with Gasteiger partial charge in [0.1, 0.15) is 10.9 Å². The molecule has 0 bridgehead atoms. The molecule has 4 rings (SSSR count). The van der Waals surface area contributed by atoms with Crippen molar-refractivity contribution in [3.05, 3.63) is 59.9 Å². The van der Waals surface area contributed by atoms with E-state index in [0.29, 0.717) is 37.9 Å². The molecule has 1 aromatic heterocycles. The molecule has 0 spiro atoms. The molecule has 2 amide bonds. The fourth-order valence-corrected chi connectivity index (χ4v) is 6.57. The number of nitrogens with zero attached hydrogens (tertiary/aromatic N) is 3. The lowest BCUT2D eigenvalue weighted by Crippen LogP contribution is -2.43. The molecule has 10 heteroatoms. The van der Waals surface area contributed by atoms with Gasteiger partial charge in [0.25, 0.3) is 5.91 Å². The van der Waals surface area contributed by atoms with Crippen molar-refractivity contribution in [1.29, 1.82) is 0 Å². The van der Waals surface area contributed by atoms with Crippen molar-refractivity contribution in [2.45, 2.75) is 68.8 Å². The Morgan fingerprint density at radius 1 is 1.11 bits per heavy atom. The van der Waals surface area contributed by atoms with Gasteiger partial charge in [-0.2, -0.15) is 4.31 Å². The first-order valence-corrected chi connectivity index (χ1v) is 14.1. The molecule has 0 saturated carbocycles. The fourth-order valence-electron chi connectivity index (χ4n) is 4.98. The van der Waals surface area contributed by atoms with Crippen molar-refractivity contribution in [3.63, 3.8) is 0 Å². The molecule has 2 atom stereocenters. The molecule has 2 aliphatic heterocycles. The van der Waals surface area contributed by atoms with E-state index in [1.807, 2.05) is 24.3 Å². The van der Waals surface area contributed by atoms with Crippen LogP contribution in [0.5, 0.6) is 0 Å². The highest BCUT2D eigenvalue weighted by molar-refractivity contribution is 7.89. The van der Waals surface area contributed by atoms with E-state index in [9.17, 15) is 22.8 Å². The van der Waals surface area contributed by atoms with Gasteiger partial charge in [0.2, 0.25) is 15.9 Å². The molecule has 1 N–H and O–H groups in total. The van der Waals surface area contributed by atoms with E-state index in [1.165, 1.54) is 33.7 Å². The third-order valence-corrected chi connectivity index (χ3v) is 8.91. The Morgan fingerprint density at radius 2 is 1.84 bits per heavy atom. The minimum atomic E-state index is -3.87. The molecule has 198 valence electrons. The largest absolute Gasteiger partial charge is 0.352 e. The SMILES string of the molecule is CC(C)(C)c1ccc(C(=O)NCCCCC(=O)N2CCC3C2C(=O)CN3S(=O)(=O)c2cccnc2)cc1. The third kappa shape index (κ3) is 5.75. The average molecular weight is 527 g/mol. The average Bonchev–Trinajstić information content (AvgIpc) is 3.45. The molecule has 3 heterocycles. The molecular weight excluding hydrogens is 492 g/mol.